The highest BCUT2D eigenvalue weighted by Gasteiger charge is 2.16. The molecule has 6 nitrogen and oxygen atoms in total. The van der Waals surface area contributed by atoms with Crippen LogP contribution in [0, 0.1) is 10.1 Å². The quantitative estimate of drug-likeness (QED) is 0.342. The van der Waals surface area contributed by atoms with Crippen LogP contribution in [0.1, 0.15) is 28.6 Å². The number of esters is 1. The van der Waals surface area contributed by atoms with Crippen LogP contribution in [-0.2, 0) is 9.53 Å². The van der Waals surface area contributed by atoms with Crippen LogP contribution < -0.4 is 0 Å². The molecule has 0 atom stereocenters. The van der Waals surface area contributed by atoms with Gasteiger partial charge in [-0.3, -0.25) is 19.7 Å². The minimum atomic E-state index is -0.554. The fourth-order valence-corrected chi connectivity index (χ4v) is 2.01. The van der Waals surface area contributed by atoms with Crippen molar-refractivity contribution in [2.45, 2.75) is 13.3 Å². The second kappa shape index (κ2) is 6.65. The van der Waals surface area contributed by atoms with Gasteiger partial charge in [-0.05, 0) is 13.0 Å². The van der Waals surface area contributed by atoms with E-state index in [2.05, 4.69) is 0 Å². The lowest BCUT2D eigenvalue weighted by Gasteiger charge is -1.96. The largest absolute Gasteiger partial charge is 0.466 e. The van der Waals surface area contributed by atoms with Gasteiger partial charge in [-0.25, -0.2) is 0 Å². The van der Waals surface area contributed by atoms with E-state index in [4.69, 9.17) is 4.74 Å². The molecule has 0 N–H and O–H groups in total. The Morgan fingerprint density at radius 3 is 2.89 bits per heavy atom. The second-order valence-electron chi connectivity index (χ2n) is 3.20. The summed E-state index contributed by atoms with van der Waals surface area (Å²) in [4.78, 5) is 32.1. The van der Waals surface area contributed by atoms with Crippen molar-refractivity contribution in [1.82, 2.24) is 0 Å². The van der Waals surface area contributed by atoms with Crippen LogP contribution in [0.4, 0.5) is 5.00 Å². The van der Waals surface area contributed by atoms with Crippen molar-refractivity contribution in [1.29, 1.82) is 0 Å². The standard InChI is InChI=1S/C11H11NO5S/c1-2-17-10(14)5-3-4-8-6-9(7-13)18-11(8)12(15)16/h3-4,6-7H,2,5H2,1H3. The molecule has 0 unspecified atom stereocenters. The molecule has 0 spiro atoms. The number of thiophene rings is 1. The predicted molar refractivity (Wildman–Crippen MR) is 66.6 cm³/mol. The molecule has 96 valence electrons. The van der Waals surface area contributed by atoms with E-state index in [-0.39, 0.29) is 16.3 Å². The number of aldehydes is 1. The zero-order valence-corrected chi connectivity index (χ0v) is 10.4. The van der Waals surface area contributed by atoms with Gasteiger partial charge in [0.1, 0.15) is 0 Å². The van der Waals surface area contributed by atoms with Gasteiger partial charge >= 0.3 is 11.0 Å². The Hall–Kier alpha value is -2.02. The molecule has 0 aliphatic carbocycles. The van der Waals surface area contributed by atoms with E-state index in [0.717, 1.165) is 11.3 Å². The number of nitrogens with zero attached hydrogens (tertiary/aromatic N) is 1. The highest BCUT2D eigenvalue weighted by molar-refractivity contribution is 7.17. The van der Waals surface area contributed by atoms with Crippen LogP contribution >= 0.6 is 11.3 Å². The maximum absolute atomic E-state index is 11.1. The fourth-order valence-electron chi connectivity index (χ4n) is 1.24. The molecule has 0 bridgehead atoms. The highest BCUT2D eigenvalue weighted by Crippen LogP contribution is 2.30. The first kappa shape index (κ1) is 14.0. The summed E-state index contributed by atoms with van der Waals surface area (Å²) in [6, 6.07) is 1.41. The Balaban J connectivity index is 2.79. The lowest BCUT2D eigenvalue weighted by atomic mass is 10.2. The second-order valence-corrected chi connectivity index (χ2v) is 4.26. The maximum atomic E-state index is 11.1. The lowest BCUT2D eigenvalue weighted by Crippen LogP contribution is -2.01. The molecule has 0 saturated heterocycles. The Kier molecular flexibility index (Phi) is 5.19. The maximum Gasteiger partial charge on any atom is 0.331 e. The van der Waals surface area contributed by atoms with Crippen molar-refractivity contribution in [3.8, 4) is 0 Å². The topological polar surface area (TPSA) is 86.5 Å². The average Bonchev–Trinajstić information content (AvgIpc) is 2.73. The number of hydrogen-bond acceptors (Lipinski definition) is 6. The van der Waals surface area contributed by atoms with Crippen LogP contribution in [0.2, 0.25) is 0 Å². The third-order valence-corrected chi connectivity index (χ3v) is 2.96. The van der Waals surface area contributed by atoms with Crippen molar-refractivity contribution in [2.75, 3.05) is 6.61 Å². The summed E-state index contributed by atoms with van der Waals surface area (Å²) in [5.74, 6) is -0.401. The number of carbonyl (C=O) groups is 2. The number of ether oxygens (including phenoxy) is 1. The molecule has 0 aliphatic heterocycles. The van der Waals surface area contributed by atoms with Crippen LogP contribution in [0.3, 0.4) is 0 Å². The van der Waals surface area contributed by atoms with Crippen LogP contribution in [-0.4, -0.2) is 23.8 Å². The van der Waals surface area contributed by atoms with Crippen LogP contribution in [0.25, 0.3) is 6.08 Å². The molecule has 0 saturated carbocycles. The van der Waals surface area contributed by atoms with E-state index in [9.17, 15) is 19.7 Å². The number of rotatable bonds is 6. The van der Waals surface area contributed by atoms with Gasteiger partial charge in [-0.15, -0.1) is 0 Å². The molecule has 1 aromatic heterocycles. The first-order valence-corrected chi connectivity index (χ1v) is 5.95. The van der Waals surface area contributed by atoms with Crippen molar-refractivity contribution in [3.05, 3.63) is 32.7 Å². The van der Waals surface area contributed by atoms with Gasteiger partial charge in [0.2, 0.25) is 0 Å². The molecule has 0 aliphatic rings. The number of nitro groups is 1. The molecular formula is C11H11NO5S. The zero-order valence-electron chi connectivity index (χ0n) is 9.62. The van der Waals surface area contributed by atoms with Gasteiger partial charge in [-0.1, -0.05) is 23.5 Å². The Bertz CT molecular complexity index is 492. The van der Waals surface area contributed by atoms with E-state index < -0.39 is 10.9 Å². The molecule has 0 aromatic carbocycles. The fraction of sp³-hybridized carbons (Fsp3) is 0.273. The summed E-state index contributed by atoms with van der Waals surface area (Å²) in [6.07, 6.45) is 3.51. The molecule has 1 rings (SSSR count). The van der Waals surface area contributed by atoms with Gasteiger partial charge < -0.3 is 4.74 Å². The molecule has 1 aromatic rings. The Morgan fingerprint density at radius 2 is 2.33 bits per heavy atom. The highest BCUT2D eigenvalue weighted by atomic mass is 32.1. The molecule has 0 amide bonds. The third-order valence-electron chi connectivity index (χ3n) is 1.93. The van der Waals surface area contributed by atoms with Crippen molar-refractivity contribution >= 4 is 34.7 Å². The minimum absolute atomic E-state index is 0.0390. The van der Waals surface area contributed by atoms with Crippen molar-refractivity contribution in [2.24, 2.45) is 0 Å². The van der Waals surface area contributed by atoms with Gasteiger partial charge in [0.05, 0.1) is 28.4 Å². The Morgan fingerprint density at radius 1 is 1.61 bits per heavy atom. The first-order valence-electron chi connectivity index (χ1n) is 5.14. The number of carbonyl (C=O) groups excluding carboxylic acids is 2. The first-order chi connectivity index (χ1) is 8.58. The minimum Gasteiger partial charge on any atom is -0.466 e. The van der Waals surface area contributed by atoms with Crippen molar-refractivity contribution in [3.63, 3.8) is 0 Å². The summed E-state index contributed by atoms with van der Waals surface area (Å²) < 4.78 is 4.71. The van der Waals surface area contributed by atoms with E-state index >= 15 is 0 Å². The van der Waals surface area contributed by atoms with Gasteiger partial charge in [0, 0.05) is 0 Å². The Labute approximate surface area is 107 Å². The number of hydrogen-bond donors (Lipinski definition) is 0. The molecule has 0 fully saturated rings. The van der Waals surface area contributed by atoms with Gasteiger partial charge in [-0.2, -0.15) is 0 Å². The normalized spacial score (nSPS) is 10.5. The van der Waals surface area contributed by atoms with Crippen molar-refractivity contribution < 1.29 is 19.2 Å². The SMILES string of the molecule is CCOC(=O)CC=Cc1cc(C=O)sc1[N+](=O)[O-]. The summed E-state index contributed by atoms with van der Waals surface area (Å²) in [5.41, 5.74) is 0.316. The van der Waals surface area contributed by atoms with Gasteiger partial charge in [0.15, 0.2) is 6.29 Å². The third kappa shape index (κ3) is 3.77. The van der Waals surface area contributed by atoms with E-state index in [0.29, 0.717) is 18.5 Å². The van der Waals surface area contributed by atoms with Gasteiger partial charge in [0.25, 0.3) is 0 Å². The van der Waals surface area contributed by atoms with E-state index in [1.165, 1.54) is 18.2 Å². The summed E-state index contributed by atoms with van der Waals surface area (Å²) in [6.45, 7) is 1.99. The summed E-state index contributed by atoms with van der Waals surface area (Å²) in [5, 5.41) is 10.6. The smallest absolute Gasteiger partial charge is 0.331 e. The summed E-state index contributed by atoms with van der Waals surface area (Å²) >= 11 is 0.802. The van der Waals surface area contributed by atoms with Crippen LogP contribution in [0.15, 0.2) is 12.1 Å². The van der Waals surface area contributed by atoms with Crippen LogP contribution in [0.5, 0.6) is 0 Å². The molecule has 7 heteroatoms. The molecule has 18 heavy (non-hydrogen) atoms. The molecular weight excluding hydrogens is 258 g/mol. The monoisotopic (exact) mass is 269 g/mol. The predicted octanol–water partition coefficient (Wildman–Crippen LogP) is 2.44. The van der Waals surface area contributed by atoms with E-state index in [1.807, 2.05) is 0 Å². The lowest BCUT2D eigenvalue weighted by molar-refractivity contribution is -0.380. The average molecular weight is 269 g/mol. The summed E-state index contributed by atoms with van der Waals surface area (Å²) in [7, 11) is 0. The molecule has 0 radical (unpaired) electrons. The molecule has 1 heterocycles. The zero-order chi connectivity index (χ0) is 13.5. The van der Waals surface area contributed by atoms with E-state index in [1.54, 1.807) is 6.92 Å².